The molecule has 7 heteroatoms. The predicted octanol–water partition coefficient (Wildman–Crippen LogP) is 3.64. The number of halogens is 2. The molecule has 0 bridgehead atoms. The van der Waals surface area contributed by atoms with Gasteiger partial charge in [0.25, 0.3) is 0 Å². The minimum Gasteiger partial charge on any atom is -0.478 e. The number of benzene rings is 1. The van der Waals surface area contributed by atoms with Crippen molar-refractivity contribution in [2.24, 2.45) is 0 Å². The molecule has 0 saturated heterocycles. The average Bonchev–Trinajstić information content (AvgIpc) is 2.89. The van der Waals surface area contributed by atoms with Crippen molar-refractivity contribution < 1.29 is 14.3 Å². The summed E-state index contributed by atoms with van der Waals surface area (Å²) in [6.07, 6.45) is 1.22. The fourth-order valence-corrected chi connectivity index (χ4v) is 2.61. The molecule has 0 aliphatic carbocycles. The summed E-state index contributed by atoms with van der Waals surface area (Å²) >= 11 is 12.3. The van der Waals surface area contributed by atoms with E-state index in [2.05, 4.69) is 5.32 Å². The smallest absolute Gasteiger partial charge is 0.338 e. The van der Waals surface area contributed by atoms with Gasteiger partial charge in [0.15, 0.2) is 0 Å². The molecule has 2 aromatic rings. The van der Waals surface area contributed by atoms with E-state index in [1.165, 1.54) is 12.3 Å². The number of hydrogen-bond acceptors (Lipinski definition) is 4. The van der Waals surface area contributed by atoms with Gasteiger partial charge in [-0.2, -0.15) is 0 Å². The number of anilines is 1. The summed E-state index contributed by atoms with van der Waals surface area (Å²) in [6, 6.07) is 5.04. The molecule has 118 valence electrons. The molecular weight excluding hydrogens is 327 g/mol. The lowest BCUT2D eigenvalue weighted by Gasteiger charge is -2.19. The lowest BCUT2D eigenvalue weighted by Crippen LogP contribution is -2.17. The summed E-state index contributed by atoms with van der Waals surface area (Å²) < 4.78 is 5.18. The molecule has 0 spiro atoms. The lowest BCUT2D eigenvalue weighted by atomic mass is 10.1. The Morgan fingerprint density at radius 2 is 2.00 bits per heavy atom. The van der Waals surface area contributed by atoms with Gasteiger partial charge in [-0.15, -0.1) is 0 Å². The summed E-state index contributed by atoms with van der Waals surface area (Å²) in [5, 5.41) is 13.2. The molecule has 2 N–H and O–H groups in total. The standard InChI is InChI=1S/C15H16Cl2N2O3/c1-19(2)14-5-10(16)4-13(17)12(14)7-18-6-11-3-9(8-22-11)15(20)21/h3-5,8,18H,6-7H2,1-2H3,(H,20,21). The highest BCUT2D eigenvalue weighted by Crippen LogP contribution is 2.30. The van der Waals surface area contributed by atoms with E-state index in [0.29, 0.717) is 28.9 Å². The Morgan fingerprint density at radius 1 is 1.27 bits per heavy atom. The second kappa shape index (κ2) is 7.05. The van der Waals surface area contributed by atoms with Crippen molar-refractivity contribution in [2.75, 3.05) is 19.0 Å². The van der Waals surface area contributed by atoms with Crippen molar-refractivity contribution in [2.45, 2.75) is 13.1 Å². The van der Waals surface area contributed by atoms with Crippen LogP contribution in [0.3, 0.4) is 0 Å². The molecule has 22 heavy (non-hydrogen) atoms. The van der Waals surface area contributed by atoms with Crippen molar-refractivity contribution in [1.82, 2.24) is 5.32 Å². The van der Waals surface area contributed by atoms with Gasteiger partial charge >= 0.3 is 5.97 Å². The number of aromatic carboxylic acids is 1. The maximum atomic E-state index is 10.8. The van der Waals surface area contributed by atoms with Crippen LogP contribution in [0.2, 0.25) is 10.0 Å². The second-order valence-electron chi connectivity index (χ2n) is 4.99. The molecule has 1 heterocycles. The third-order valence-corrected chi connectivity index (χ3v) is 3.68. The first kappa shape index (κ1) is 16.7. The van der Waals surface area contributed by atoms with Crippen molar-refractivity contribution in [3.63, 3.8) is 0 Å². The van der Waals surface area contributed by atoms with Crippen LogP contribution in [0.1, 0.15) is 21.7 Å². The molecule has 5 nitrogen and oxygen atoms in total. The van der Waals surface area contributed by atoms with Gasteiger partial charge in [-0.25, -0.2) is 4.79 Å². The van der Waals surface area contributed by atoms with Crippen LogP contribution in [0.4, 0.5) is 5.69 Å². The van der Waals surface area contributed by atoms with Gasteiger partial charge < -0.3 is 19.7 Å². The van der Waals surface area contributed by atoms with E-state index >= 15 is 0 Å². The first-order valence-electron chi connectivity index (χ1n) is 6.55. The number of nitrogens with zero attached hydrogens (tertiary/aromatic N) is 1. The van der Waals surface area contributed by atoms with Crippen molar-refractivity contribution in [1.29, 1.82) is 0 Å². The number of nitrogens with one attached hydrogen (secondary N) is 1. The Morgan fingerprint density at radius 3 is 2.59 bits per heavy atom. The number of carbonyl (C=O) groups is 1. The summed E-state index contributed by atoms with van der Waals surface area (Å²) in [5.41, 5.74) is 1.98. The van der Waals surface area contributed by atoms with E-state index < -0.39 is 5.97 Å². The molecule has 0 unspecified atom stereocenters. The van der Waals surface area contributed by atoms with E-state index in [1.807, 2.05) is 25.1 Å². The SMILES string of the molecule is CN(C)c1cc(Cl)cc(Cl)c1CNCc1cc(C(=O)O)co1. The van der Waals surface area contributed by atoms with E-state index in [9.17, 15) is 4.79 Å². The van der Waals surface area contributed by atoms with Crippen molar-refractivity contribution in [3.05, 3.63) is 51.4 Å². The van der Waals surface area contributed by atoms with Gasteiger partial charge in [0.05, 0.1) is 12.1 Å². The van der Waals surface area contributed by atoms with Crippen LogP contribution in [0.5, 0.6) is 0 Å². The first-order chi connectivity index (χ1) is 10.4. The predicted molar refractivity (Wildman–Crippen MR) is 87.0 cm³/mol. The molecule has 0 aliphatic heterocycles. The van der Waals surface area contributed by atoms with Crippen LogP contribution < -0.4 is 10.2 Å². The molecule has 0 radical (unpaired) electrons. The zero-order chi connectivity index (χ0) is 16.3. The number of furan rings is 1. The second-order valence-corrected chi connectivity index (χ2v) is 5.83. The average molecular weight is 343 g/mol. The highest BCUT2D eigenvalue weighted by Gasteiger charge is 2.12. The Bertz CT molecular complexity index is 683. The van der Waals surface area contributed by atoms with E-state index in [1.54, 1.807) is 6.07 Å². The molecule has 2 rings (SSSR count). The topological polar surface area (TPSA) is 65.7 Å². The minimum absolute atomic E-state index is 0.135. The van der Waals surface area contributed by atoms with Gasteiger partial charge in [0.1, 0.15) is 12.0 Å². The molecule has 0 fully saturated rings. The third kappa shape index (κ3) is 3.94. The van der Waals surface area contributed by atoms with Gasteiger partial charge in [0, 0.05) is 41.9 Å². The van der Waals surface area contributed by atoms with Crippen molar-refractivity contribution in [3.8, 4) is 0 Å². The van der Waals surface area contributed by atoms with Gasteiger partial charge in [-0.1, -0.05) is 23.2 Å². The van der Waals surface area contributed by atoms with Crippen LogP contribution in [0, 0.1) is 0 Å². The summed E-state index contributed by atoms with van der Waals surface area (Å²) in [7, 11) is 3.83. The van der Waals surface area contributed by atoms with E-state index in [4.69, 9.17) is 32.7 Å². The number of hydrogen-bond donors (Lipinski definition) is 2. The van der Waals surface area contributed by atoms with Crippen LogP contribution in [0.15, 0.2) is 28.9 Å². The zero-order valence-corrected chi connectivity index (χ0v) is 13.7. The summed E-state index contributed by atoms with van der Waals surface area (Å²) in [5.74, 6) is -0.459. The maximum Gasteiger partial charge on any atom is 0.338 e. The van der Waals surface area contributed by atoms with Gasteiger partial charge in [-0.05, 0) is 18.2 Å². The fraction of sp³-hybridized carbons (Fsp3) is 0.267. The Labute approximate surface area is 138 Å². The molecule has 1 aromatic heterocycles. The van der Waals surface area contributed by atoms with Crippen LogP contribution in [-0.4, -0.2) is 25.2 Å². The number of carboxylic acids is 1. The number of carboxylic acid groups (broad SMARTS) is 1. The normalized spacial score (nSPS) is 10.7. The number of rotatable bonds is 6. The first-order valence-corrected chi connectivity index (χ1v) is 7.30. The van der Waals surface area contributed by atoms with E-state index in [0.717, 1.165) is 11.3 Å². The molecular formula is C15H16Cl2N2O3. The van der Waals surface area contributed by atoms with Crippen LogP contribution in [-0.2, 0) is 13.1 Å². The molecule has 0 amide bonds. The largest absolute Gasteiger partial charge is 0.478 e. The zero-order valence-electron chi connectivity index (χ0n) is 12.2. The molecule has 1 aromatic carbocycles. The van der Waals surface area contributed by atoms with Crippen LogP contribution in [0.25, 0.3) is 0 Å². The Kier molecular flexibility index (Phi) is 5.34. The molecule has 0 aliphatic rings. The maximum absolute atomic E-state index is 10.8. The monoisotopic (exact) mass is 342 g/mol. The summed E-state index contributed by atoms with van der Waals surface area (Å²) in [6.45, 7) is 0.908. The fourth-order valence-electron chi connectivity index (χ4n) is 2.06. The molecule has 0 atom stereocenters. The molecule has 0 saturated carbocycles. The highest BCUT2D eigenvalue weighted by molar-refractivity contribution is 6.35. The third-order valence-electron chi connectivity index (χ3n) is 3.12. The summed E-state index contributed by atoms with van der Waals surface area (Å²) in [4.78, 5) is 12.7. The van der Waals surface area contributed by atoms with Gasteiger partial charge in [-0.3, -0.25) is 0 Å². The quantitative estimate of drug-likeness (QED) is 0.838. The van der Waals surface area contributed by atoms with Crippen LogP contribution >= 0.6 is 23.2 Å². The van der Waals surface area contributed by atoms with E-state index in [-0.39, 0.29) is 5.56 Å². The minimum atomic E-state index is -1.01. The Hall–Kier alpha value is -1.69. The Balaban J connectivity index is 2.06. The van der Waals surface area contributed by atoms with Gasteiger partial charge in [0.2, 0.25) is 0 Å². The lowest BCUT2D eigenvalue weighted by molar-refractivity contribution is 0.0696. The van der Waals surface area contributed by atoms with Crippen molar-refractivity contribution >= 4 is 34.9 Å². The highest BCUT2D eigenvalue weighted by atomic mass is 35.5.